The Balaban J connectivity index is 1.31. The molecule has 32 heavy (non-hydrogen) atoms. The first-order chi connectivity index (χ1) is 15.3. The predicted molar refractivity (Wildman–Crippen MR) is 108 cm³/mol. The van der Waals surface area contributed by atoms with Gasteiger partial charge in [-0.25, -0.2) is 9.97 Å². The lowest BCUT2D eigenvalue weighted by molar-refractivity contribution is -0.145. The molecule has 2 unspecified atom stereocenters. The molecule has 2 aliphatic rings. The van der Waals surface area contributed by atoms with Crippen molar-refractivity contribution in [3.63, 3.8) is 0 Å². The van der Waals surface area contributed by atoms with E-state index in [1.54, 1.807) is 41.6 Å². The molecule has 11 heteroatoms. The Morgan fingerprint density at radius 1 is 1.00 bits per heavy atom. The second kappa shape index (κ2) is 7.57. The molecule has 1 amide bonds. The standard InChI is InChI=1S/C21H20F3N7O/c1-13-8-18(28-20(27-13)21(22,23)24)29-9-14-11-30(12-15(14)10-29)19(32)16-4-2-3-5-17(16)31-25-6-7-26-31/h2-8,14-15H,9-12H2,1H3. The number of amides is 1. The molecule has 8 nitrogen and oxygen atoms in total. The van der Waals surface area contributed by atoms with Crippen LogP contribution in [0.25, 0.3) is 5.69 Å². The van der Waals surface area contributed by atoms with Gasteiger partial charge in [0.1, 0.15) is 5.82 Å². The van der Waals surface area contributed by atoms with E-state index in [1.807, 2.05) is 11.0 Å². The predicted octanol–water partition coefficient (Wildman–Crippen LogP) is 2.59. The van der Waals surface area contributed by atoms with Crippen LogP contribution < -0.4 is 4.90 Å². The number of hydrogen-bond acceptors (Lipinski definition) is 6. The number of carbonyl (C=O) groups is 1. The van der Waals surface area contributed by atoms with E-state index in [0.717, 1.165) is 0 Å². The highest BCUT2D eigenvalue weighted by molar-refractivity contribution is 5.97. The zero-order valence-corrected chi connectivity index (χ0v) is 17.2. The number of aromatic nitrogens is 5. The molecule has 4 heterocycles. The number of anilines is 1. The normalized spacial score (nSPS) is 20.6. The summed E-state index contributed by atoms with van der Waals surface area (Å²) < 4.78 is 39.3. The van der Waals surface area contributed by atoms with E-state index in [2.05, 4.69) is 20.2 Å². The number of likely N-dealkylation sites (tertiary alicyclic amines) is 1. The lowest BCUT2D eigenvalue weighted by Gasteiger charge is -2.23. The van der Waals surface area contributed by atoms with Crippen molar-refractivity contribution in [3.8, 4) is 5.69 Å². The second-order valence-corrected chi connectivity index (χ2v) is 8.16. The first-order valence-corrected chi connectivity index (χ1v) is 10.2. The van der Waals surface area contributed by atoms with Gasteiger partial charge in [-0.05, 0) is 19.1 Å². The summed E-state index contributed by atoms with van der Waals surface area (Å²) in [5.74, 6) is -0.606. The van der Waals surface area contributed by atoms with Gasteiger partial charge in [-0.15, -0.1) is 0 Å². The topological polar surface area (TPSA) is 80.0 Å². The zero-order chi connectivity index (χ0) is 22.5. The van der Waals surface area contributed by atoms with Crippen LogP contribution >= 0.6 is 0 Å². The summed E-state index contributed by atoms with van der Waals surface area (Å²) in [6.07, 6.45) is -1.49. The Hall–Kier alpha value is -3.50. The summed E-state index contributed by atoms with van der Waals surface area (Å²) in [4.78, 5) is 25.6. The Labute approximate surface area is 181 Å². The van der Waals surface area contributed by atoms with Crippen molar-refractivity contribution < 1.29 is 18.0 Å². The largest absolute Gasteiger partial charge is 0.451 e. The first kappa shape index (κ1) is 20.4. The SMILES string of the molecule is Cc1cc(N2CC3CN(C(=O)c4ccccc4-n4nccn4)CC3C2)nc(C(F)(F)F)n1. The Morgan fingerprint density at radius 3 is 2.31 bits per heavy atom. The smallest absolute Gasteiger partial charge is 0.356 e. The molecule has 0 bridgehead atoms. The van der Waals surface area contributed by atoms with E-state index in [0.29, 0.717) is 37.4 Å². The number of aryl methyl sites for hydroxylation is 1. The summed E-state index contributed by atoms with van der Waals surface area (Å²) >= 11 is 0. The molecule has 3 aromatic rings. The molecule has 0 radical (unpaired) electrons. The fourth-order valence-electron chi connectivity index (χ4n) is 4.53. The van der Waals surface area contributed by atoms with Gasteiger partial charge in [0.05, 0.1) is 23.6 Å². The zero-order valence-electron chi connectivity index (χ0n) is 17.2. The summed E-state index contributed by atoms with van der Waals surface area (Å²) in [7, 11) is 0. The van der Waals surface area contributed by atoms with Crippen LogP contribution in [0.2, 0.25) is 0 Å². The molecular weight excluding hydrogens is 423 g/mol. The highest BCUT2D eigenvalue weighted by Gasteiger charge is 2.43. The van der Waals surface area contributed by atoms with Gasteiger partial charge in [0.15, 0.2) is 0 Å². The maximum atomic E-state index is 13.2. The number of para-hydroxylation sites is 1. The van der Waals surface area contributed by atoms with E-state index < -0.39 is 12.0 Å². The number of nitrogens with zero attached hydrogens (tertiary/aromatic N) is 7. The van der Waals surface area contributed by atoms with Crippen LogP contribution in [0.3, 0.4) is 0 Å². The van der Waals surface area contributed by atoms with Crippen LogP contribution in [0.4, 0.5) is 19.0 Å². The van der Waals surface area contributed by atoms with Crippen molar-refractivity contribution in [3.05, 3.63) is 59.8 Å². The molecule has 5 rings (SSSR count). The molecule has 2 saturated heterocycles. The van der Waals surface area contributed by atoms with Gasteiger partial charge < -0.3 is 9.80 Å². The van der Waals surface area contributed by atoms with Gasteiger partial charge >= 0.3 is 6.18 Å². The Kier molecular flexibility index (Phi) is 4.83. The van der Waals surface area contributed by atoms with E-state index in [4.69, 9.17) is 0 Å². The Morgan fingerprint density at radius 2 is 1.66 bits per heavy atom. The maximum Gasteiger partial charge on any atom is 0.451 e. The maximum absolute atomic E-state index is 13.2. The fraction of sp³-hybridized carbons (Fsp3) is 0.381. The monoisotopic (exact) mass is 443 g/mol. The van der Waals surface area contributed by atoms with Crippen LogP contribution in [-0.4, -0.2) is 61.9 Å². The number of rotatable bonds is 3. The minimum Gasteiger partial charge on any atom is -0.356 e. The molecule has 0 aliphatic carbocycles. The van der Waals surface area contributed by atoms with E-state index in [9.17, 15) is 18.0 Å². The van der Waals surface area contributed by atoms with Crippen molar-refractivity contribution in [2.45, 2.75) is 13.1 Å². The van der Waals surface area contributed by atoms with Crippen molar-refractivity contribution in [2.24, 2.45) is 11.8 Å². The molecule has 0 spiro atoms. The van der Waals surface area contributed by atoms with Crippen LogP contribution in [0, 0.1) is 18.8 Å². The van der Waals surface area contributed by atoms with Crippen molar-refractivity contribution >= 4 is 11.7 Å². The van der Waals surface area contributed by atoms with Crippen molar-refractivity contribution in [1.82, 2.24) is 29.9 Å². The lowest BCUT2D eigenvalue weighted by Crippen LogP contribution is -2.34. The van der Waals surface area contributed by atoms with Gasteiger partial charge in [-0.1, -0.05) is 12.1 Å². The summed E-state index contributed by atoms with van der Waals surface area (Å²) in [6, 6.07) is 8.75. The van der Waals surface area contributed by atoms with Gasteiger partial charge in [0, 0.05) is 49.8 Å². The summed E-state index contributed by atoms with van der Waals surface area (Å²) in [6.45, 7) is 3.70. The highest BCUT2D eigenvalue weighted by Crippen LogP contribution is 2.35. The molecule has 0 saturated carbocycles. The molecule has 166 valence electrons. The summed E-state index contributed by atoms with van der Waals surface area (Å²) in [5.41, 5.74) is 1.40. The minimum absolute atomic E-state index is 0.101. The minimum atomic E-state index is -4.59. The fourth-order valence-corrected chi connectivity index (χ4v) is 4.53. The molecular formula is C21H20F3N7O. The Bertz CT molecular complexity index is 1130. The van der Waals surface area contributed by atoms with Crippen LogP contribution in [0.5, 0.6) is 0 Å². The number of halogens is 3. The molecule has 2 aromatic heterocycles. The van der Waals surface area contributed by atoms with E-state index >= 15 is 0 Å². The van der Waals surface area contributed by atoms with E-state index in [1.165, 1.54) is 11.7 Å². The molecule has 2 atom stereocenters. The van der Waals surface area contributed by atoms with Crippen LogP contribution in [-0.2, 0) is 6.18 Å². The molecule has 2 aliphatic heterocycles. The average Bonchev–Trinajstić information content (AvgIpc) is 3.48. The summed E-state index contributed by atoms with van der Waals surface area (Å²) in [5, 5.41) is 8.25. The number of alkyl halides is 3. The molecule has 0 N–H and O–H groups in total. The van der Waals surface area contributed by atoms with E-state index in [-0.39, 0.29) is 29.3 Å². The molecule has 2 fully saturated rings. The van der Waals surface area contributed by atoms with Gasteiger partial charge in [0.25, 0.3) is 5.91 Å². The van der Waals surface area contributed by atoms with Crippen molar-refractivity contribution in [1.29, 1.82) is 0 Å². The van der Waals surface area contributed by atoms with Crippen molar-refractivity contribution in [2.75, 3.05) is 31.1 Å². The number of fused-ring (bicyclic) bond motifs is 1. The van der Waals surface area contributed by atoms with Crippen LogP contribution in [0.15, 0.2) is 42.7 Å². The second-order valence-electron chi connectivity index (χ2n) is 8.16. The average molecular weight is 443 g/mol. The quantitative estimate of drug-likeness (QED) is 0.619. The lowest BCUT2D eigenvalue weighted by atomic mass is 10.0. The molecule has 1 aromatic carbocycles. The van der Waals surface area contributed by atoms with Gasteiger partial charge in [-0.2, -0.15) is 28.2 Å². The third-order valence-electron chi connectivity index (χ3n) is 5.96. The highest BCUT2D eigenvalue weighted by atomic mass is 19.4. The third-order valence-corrected chi connectivity index (χ3v) is 5.96. The number of hydrogen-bond donors (Lipinski definition) is 0. The number of carbonyl (C=O) groups excluding carboxylic acids is 1. The first-order valence-electron chi connectivity index (χ1n) is 10.2. The van der Waals surface area contributed by atoms with Gasteiger partial charge in [0.2, 0.25) is 5.82 Å². The van der Waals surface area contributed by atoms with Crippen LogP contribution in [0.1, 0.15) is 21.9 Å². The number of benzene rings is 1. The third kappa shape index (κ3) is 3.67. The van der Waals surface area contributed by atoms with Gasteiger partial charge in [-0.3, -0.25) is 4.79 Å².